The summed E-state index contributed by atoms with van der Waals surface area (Å²) in [6.45, 7) is 2.45. The number of aromatic hydroxyl groups is 1. The Morgan fingerprint density at radius 1 is 0.978 bits per heavy atom. The lowest BCUT2D eigenvalue weighted by atomic mass is 9.73. The maximum absolute atomic E-state index is 12.0. The Balaban J connectivity index is 0.973. The van der Waals surface area contributed by atoms with Crippen molar-refractivity contribution in [2.75, 3.05) is 19.6 Å². The number of nitrogens with zero attached hydrogens (tertiary/aromatic N) is 1. The molecule has 10 heteroatoms. The first kappa shape index (κ1) is 32.2. The minimum atomic E-state index is -1.22. The molecule has 0 radical (unpaired) electrons. The Morgan fingerprint density at radius 2 is 1.76 bits per heavy atom. The first-order valence-corrected chi connectivity index (χ1v) is 17.0. The zero-order valence-corrected chi connectivity index (χ0v) is 26.7. The fraction of sp³-hybridized carbons (Fsp3) is 0.389. The lowest BCUT2D eigenvalue weighted by molar-refractivity contribution is -0.0238. The van der Waals surface area contributed by atoms with Crippen molar-refractivity contribution in [3.8, 4) is 5.75 Å². The molecule has 0 aliphatic heterocycles. The number of nitrogens with one attached hydrogen (secondary N) is 3. The van der Waals surface area contributed by atoms with E-state index in [-0.39, 0.29) is 16.5 Å². The summed E-state index contributed by atoms with van der Waals surface area (Å²) in [6.07, 6.45) is 7.78. The molecule has 6 rings (SSSR count). The zero-order valence-electron chi connectivity index (χ0n) is 25.9. The topological polar surface area (TPSA) is 144 Å². The molecule has 2 atom stereocenters. The number of aromatic nitrogens is 2. The molecule has 0 saturated heterocycles. The molecule has 1 unspecified atom stereocenters. The molecule has 9 nitrogen and oxygen atoms in total. The summed E-state index contributed by atoms with van der Waals surface area (Å²) in [6, 6.07) is 21.4. The minimum absolute atomic E-state index is 0.000180. The monoisotopic (exact) mass is 642 g/mol. The van der Waals surface area contributed by atoms with E-state index in [1.54, 1.807) is 12.3 Å². The normalized spacial score (nSPS) is 16.0. The van der Waals surface area contributed by atoms with Gasteiger partial charge in [-0.15, -0.1) is 0 Å². The number of thiazole rings is 1. The fourth-order valence-electron chi connectivity index (χ4n) is 6.57. The molecule has 1 aliphatic carbocycles. The Kier molecular flexibility index (Phi) is 10.3. The lowest BCUT2D eigenvalue weighted by Crippen LogP contribution is -2.38. The third kappa shape index (κ3) is 7.27. The highest BCUT2D eigenvalue weighted by atomic mass is 32.1. The Hall–Kier alpha value is -3.80. The maximum Gasteiger partial charge on any atom is 0.305 e. The molecular weight excluding hydrogens is 600 g/mol. The van der Waals surface area contributed by atoms with Crippen LogP contribution in [0.3, 0.4) is 0 Å². The summed E-state index contributed by atoms with van der Waals surface area (Å²) in [5.41, 5.74) is 2.99. The van der Waals surface area contributed by atoms with E-state index < -0.39 is 11.7 Å². The quantitative estimate of drug-likeness (QED) is 0.0897. The van der Waals surface area contributed by atoms with Crippen molar-refractivity contribution in [3.05, 3.63) is 116 Å². The van der Waals surface area contributed by atoms with Crippen molar-refractivity contribution in [3.63, 3.8) is 0 Å². The van der Waals surface area contributed by atoms with Gasteiger partial charge < -0.3 is 35.4 Å². The Morgan fingerprint density at radius 3 is 2.59 bits per heavy atom. The van der Waals surface area contributed by atoms with E-state index >= 15 is 0 Å². The van der Waals surface area contributed by atoms with Crippen molar-refractivity contribution in [2.24, 2.45) is 5.92 Å². The van der Waals surface area contributed by atoms with Crippen LogP contribution < -0.4 is 15.5 Å². The molecule has 1 saturated carbocycles. The van der Waals surface area contributed by atoms with Crippen molar-refractivity contribution in [1.82, 2.24) is 20.6 Å². The number of H-pyrrole nitrogens is 1. The highest BCUT2D eigenvalue weighted by Gasteiger charge is 2.44. The van der Waals surface area contributed by atoms with Crippen LogP contribution in [0.5, 0.6) is 5.75 Å². The van der Waals surface area contributed by atoms with Crippen LogP contribution in [-0.2, 0) is 25.0 Å². The predicted octanol–water partition coefficient (Wildman–Crippen LogP) is 5.30. The summed E-state index contributed by atoms with van der Waals surface area (Å²) in [4.78, 5) is 18.7. The third-order valence-electron chi connectivity index (χ3n) is 9.03. The first-order valence-electron chi connectivity index (χ1n) is 16.2. The smallest absolute Gasteiger partial charge is 0.305 e. The van der Waals surface area contributed by atoms with E-state index in [1.807, 2.05) is 30.3 Å². The van der Waals surface area contributed by atoms with E-state index in [1.165, 1.54) is 23.6 Å². The highest BCUT2D eigenvalue weighted by Crippen LogP contribution is 2.43. The maximum atomic E-state index is 12.0. The van der Waals surface area contributed by atoms with Gasteiger partial charge >= 0.3 is 4.87 Å². The fourth-order valence-corrected chi connectivity index (χ4v) is 7.49. The van der Waals surface area contributed by atoms with Crippen molar-refractivity contribution in [2.45, 2.75) is 63.2 Å². The Bertz CT molecular complexity index is 1780. The van der Waals surface area contributed by atoms with E-state index in [4.69, 9.17) is 4.42 Å². The van der Waals surface area contributed by atoms with Gasteiger partial charge in [0.05, 0.1) is 17.0 Å². The van der Waals surface area contributed by atoms with E-state index in [0.717, 1.165) is 54.8 Å². The Labute approximate surface area is 272 Å². The molecule has 46 heavy (non-hydrogen) atoms. The molecule has 0 spiro atoms. The van der Waals surface area contributed by atoms with Crippen molar-refractivity contribution < 1.29 is 19.7 Å². The van der Waals surface area contributed by atoms with Crippen LogP contribution >= 0.6 is 11.3 Å². The molecular formula is C36H42N4O5S. The number of aromatic amines is 1. The molecule has 3 aromatic carbocycles. The van der Waals surface area contributed by atoms with Crippen LogP contribution in [-0.4, -0.2) is 44.9 Å². The molecule has 5 aromatic rings. The average molecular weight is 643 g/mol. The number of benzene rings is 3. The second kappa shape index (κ2) is 14.7. The van der Waals surface area contributed by atoms with Crippen LogP contribution in [0.15, 0.2) is 82.1 Å². The van der Waals surface area contributed by atoms with Gasteiger partial charge in [-0.1, -0.05) is 91.3 Å². The van der Waals surface area contributed by atoms with Crippen LogP contribution in [0.2, 0.25) is 0 Å². The molecule has 1 aliphatic rings. The standard InChI is InChI=1S/C36H42N4O5S/c41-30-15-14-29(33-32(30)40-35(43)46-33)31(42)23-38-18-16-24-8-7-9-25(20-24)21-37-19-17-28-22-39-34(45-28)36(44,26-10-3-1-4-11-26)27-12-5-2-6-13-27/h1,3-4,7-11,14-15,20,22,27,31,37-38,41-42,44H,2,5-6,12-13,16-19,21,23H2,(H,40,43)/t31-,36?/m0/s1. The number of fused-ring (bicyclic) bond motifs is 1. The van der Waals surface area contributed by atoms with Crippen molar-refractivity contribution >= 4 is 21.6 Å². The van der Waals surface area contributed by atoms with Crippen LogP contribution in [0, 0.1) is 5.92 Å². The predicted molar refractivity (Wildman–Crippen MR) is 180 cm³/mol. The molecule has 242 valence electrons. The van der Waals surface area contributed by atoms with Gasteiger partial charge in [0.2, 0.25) is 5.89 Å². The van der Waals surface area contributed by atoms with Gasteiger partial charge in [-0.3, -0.25) is 4.79 Å². The summed E-state index contributed by atoms with van der Waals surface area (Å²) < 4.78 is 6.78. The summed E-state index contributed by atoms with van der Waals surface area (Å²) in [5.74, 6) is 1.24. The van der Waals surface area contributed by atoms with Gasteiger partial charge in [-0.25, -0.2) is 4.98 Å². The SMILES string of the molecule is O=c1[nH]c2c(O)ccc([C@@H](O)CNCCc3cccc(CNCCc4cnc(C(O)(c5ccccc5)C5CCCCC5)o4)c3)c2s1. The number of hydrogen-bond acceptors (Lipinski definition) is 9. The number of oxazole rings is 1. The summed E-state index contributed by atoms with van der Waals surface area (Å²) >= 11 is 0.989. The van der Waals surface area contributed by atoms with Gasteiger partial charge in [-0.05, 0) is 48.6 Å². The molecule has 0 amide bonds. The number of phenolic OH excluding ortho intramolecular Hbond substituents is 1. The van der Waals surface area contributed by atoms with Crippen LogP contribution in [0.25, 0.3) is 10.2 Å². The molecule has 2 heterocycles. The van der Waals surface area contributed by atoms with Gasteiger partial charge in [0, 0.05) is 37.5 Å². The molecule has 0 bridgehead atoms. The van der Waals surface area contributed by atoms with Gasteiger partial charge in [-0.2, -0.15) is 0 Å². The highest BCUT2D eigenvalue weighted by molar-refractivity contribution is 7.16. The van der Waals surface area contributed by atoms with Gasteiger partial charge in [0.1, 0.15) is 17.0 Å². The largest absolute Gasteiger partial charge is 0.506 e. The molecule has 6 N–H and O–H groups in total. The third-order valence-corrected chi connectivity index (χ3v) is 9.96. The summed E-state index contributed by atoms with van der Waals surface area (Å²) in [5, 5.41) is 39.6. The second-order valence-electron chi connectivity index (χ2n) is 12.2. The van der Waals surface area contributed by atoms with E-state index in [9.17, 15) is 20.1 Å². The number of aliphatic hydroxyl groups excluding tert-OH is 1. The van der Waals surface area contributed by atoms with Crippen LogP contribution in [0.4, 0.5) is 0 Å². The van der Waals surface area contributed by atoms with Crippen molar-refractivity contribution in [1.29, 1.82) is 0 Å². The van der Waals surface area contributed by atoms with E-state index in [2.05, 4.69) is 44.9 Å². The molecule has 2 aromatic heterocycles. The molecule has 1 fully saturated rings. The number of phenols is 1. The first-order chi connectivity index (χ1) is 22.4. The minimum Gasteiger partial charge on any atom is -0.506 e. The number of hydrogen-bond donors (Lipinski definition) is 6. The van der Waals surface area contributed by atoms with Gasteiger partial charge in [0.25, 0.3) is 0 Å². The van der Waals surface area contributed by atoms with Crippen LogP contribution in [0.1, 0.15) is 72.1 Å². The number of aliphatic hydroxyl groups is 2. The second-order valence-corrected chi connectivity index (χ2v) is 13.2. The summed E-state index contributed by atoms with van der Waals surface area (Å²) in [7, 11) is 0. The zero-order chi connectivity index (χ0) is 31.9. The lowest BCUT2D eigenvalue weighted by Gasteiger charge is -2.36. The van der Waals surface area contributed by atoms with Gasteiger partial charge in [0.15, 0.2) is 5.60 Å². The average Bonchev–Trinajstić information content (AvgIpc) is 3.73. The number of rotatable bonds is 14. The van der Waals surface area contributed by atoms with E-state index in [0.29, 0.717) is 54.3 Å².